The van der Waals surface area contributed by atoms with Crippen LogP contribution in [-0.2, 0) is 0 Å². The van der Waals surface area contributed by atoms with Crippen molar-refractivity contribution in [3.63, 3.8) is 0 Å². The Morgan fingerprint density at radius 3 is 3.00 bits per heavy atom. The zero-order valence-corrected chi connectivity index (χ0v) is 9.74. The van der Waals surface area contributed by atoms with E-state index in [-0.39, 0.29) is 0 Å². The highest BCUT2D eigenvalue weighted by molar-refractivity contribution is 7.10. The molecule has 1 atom stereocenters. The average molecular weight is 230 g/mol. The fraction of sp³-hybridized carbons (Fsp3) is 0.556. The first-order valence-electron chi connectivity index (χ1n) is 4.50. The number of anilines is 1. The van der Waals surface area contributed by atoms with Gasteiger partial charge in [0.1, 0.15) is 16.6 Å². The summed E-state index contributed by atoms with van der Waals surface area (Å²) in [6.07, 6.45) is 2.18. The molecule has 76 valence electrons. The van der Waals surface area contributed by atoms with Gasteiger partial charge in [-0.05, 0) is 24.9 Å². The third-order valence-corrected chi connectivity index (χ3v) is 3.01. The number of nitrogens with one attached hydrogen (secondary N) is 1. The molecule has 0 bridgehead atoms. The number of hydrogen-bond donors (Lipinski definition) is 1. The van der Waals surface area contributed by atoms with Crippen molar-refractivity contribution in [1.82, 2.24) is 4.37 Å². The lowest BCUT2D eigenvalue weighted by Crippen LogP contribution is -2.14. The molecule has 1 heterocycles. The van der Waals surface area contributed by atoms with Crippen molar-refractivity contribution in [3.8, 4) is 6.07 Å². The van der Waals surface area contributed by atoms with E-state index >= 15 is 0 Å². The molecular formula is C9H12ClN3S. The highest BCUT2D eigenvalue weighted by atomic mass is 35.5. The fourth-order valence-electron chi connectivity index (χ4n) is 1.20. The van der Waals surface area contributed by atoms with Crippen LogP contribution in [-0.4, -0.2) is 10.4 Å². The lowest BCUT2D eigenvalue weighted by atomic mass is 10.2. The van der Waals surface area contributed by atoms with E-state index in [4.69, 9.17) is 16.9 Å². The molecule has 5 heteroatoms. The van der Waals surface area contributed by atoms with E-state index in [1.807, 2.05) is 6.07 Å². The highest BCUT2D eigenvalue weighted by Crippen LogP contribution is 2.28. The zero-order valence-electron chi connectivity index (χ0n) is 8.17. The van der Waals surface area contributed by atoms with Crippen LogP contribution in [0.2, 0.25) is 5.15 Å². The smallest absolute Gasteiger partial charge is 0.162 e. The van der Waals surface area contributed by atoms with Crippen molar-refractivity contribution in [2.75, 3.05) is 5.32 Å². The lowest BCUT2D eigenvalue weighted by Gasteiger charge is -2.11. The van der Waals surface area contributed by atoms with Crippen LogP contribution >= 0.6 is 23.1 Å². The van der Waals surface area contributed by atoms with Crippen molar-refractivity contribution in [2.24, 2.45) is 0 Å². The number of halogens is 1. The van der Waals surface area contributed by atoms with Crippen LogP contribution in [0.25, 0.3) is 0 Å². The summed E-state index contributed by atoms with van der Waals surface area (Å²) in [5.41, 5.74) is 0.458. The van der Waals surface area contributed by atoms with Crippen molar-refractivity contribution in [2.45, 2.75) is 32.7 Å². The summed E-state index contributed by atoms with van der Waals surface area (Å²) in [4.78, 5) is 0. The number of hydrogen-bond acceptors (Lipinski definition) is 4. The second kappa shape index (κ2) is 5.18. The molecule has 0 saturated carbocycles. The molecule has 0 aliphatic carbocycles. The molecule has 0 amide bonds. The van der Waals surface area contributed by atoms with Crippen LogP contribution in [0.3, 0.4) is 0 Å². The zero-order chi connectivity index (χ0) is 10.6. The van der Waals surface area contributed by atoms with Gasteiger partial charge in [-0.2, -0.15) is 9.64 Å². The van der Waals surface area contributed by atoms with Gasteiger partial charge >= 0.3 is 0 Å². The molecule has 1 aromatic heterocycles. The van der Waals surface area contributed by atoms with E-state index in [1.165, 1.54) is 11.5 Å². The number of nitrogens with zero attached hydrogens (tertiary/aromatic N) is 2. The normalized spacial score (nSPS) is 12.1. The molecule has 1 N–H and O–H groups in total. The summed E-state index contributed by atoms with van der Waals surface area (Å²) in [5, 5.41) is 13.1. The third-order valence-electron chi connectivity index (χ3n) is 1.86. The van der Waals surface area contributed by atoms with Gasteiger partial charge in [0.15, 0.2) is 5.15 Å². The molecule has 0 aromatic carbocycles. The minimum Gasteiger partial charge on any atom is -0.372 e. The quantitative estimate of drug-likeness (QED) is 0.862. The van der Waals surface area contributed by atoms with Crippen LogP contribution in [0.4, 0.5) is 5.00 Å². The number of aromatic nitrogens is 1. The van der Waals surface area contributed by atoms with Crippen LogP contribution in [0.5, 0.6) is 0 Å². The van der Waals surface area contributed by atoms with Gasteiger partial charge < -0.3 is 5.32 Å². The van der Waals surface area contributed by atoms with Crippen molar-refractivity contribution < 1.29 is 0 Å². The molecule has 0 aliphatic rings. The van der Waals surface area contributed by atoms with Gasteiger partial charge in [0.05, 0.1) is 0 Å². The van der Waals surface area contributed by atoms with Gasteiger partial charge in [-0.3, -0.25) is 0 Å². The minimum atomic E-state index is 0.295. The van der Waals surface area contributed by atoms with E-state index in [0.29, 0.717) is 16.8 Å². The molecular weight excluding hydrogens is 218 g/mol. The molecule has 1 aromatic rings. The Hall–Kier alpha value is -0.790. The van der Waals surface area contributed by atoms with Gasteiger partial charge in [0, 0.05) is 6.04 Å². The molecule has 0 aliphatic heterocycles. The average Bonchev–Trinajstić information content (AvgIpc) is 2.47. The van der Waals surface area contributed by atoms with Crippen molar-refractivity contribution >= 4 is 28.1 Å². The van der Waals surface area contributed by atoms with E-state index in [1.54, 1.807) is 0 Å². The van der Waals surface area contributed by atoms with E-state index in [9.17, 15) is 0 Å². The first-order valence-corrected chi connectivity index (χ1v) is 5.66. The van der Waals surface area contributed by atoms with Crippen LogP contribution < -0.4 is 5.32 Å². The van der Waals surface area contributed by atoms with Crippen molar-refractivity contribution in [3.05, 3.63) is 10.7 Å². The summed E-state index contributed by atoms with van der Waals surface area (Å²) in [7, 11) is 0. The maximum atomic E-state index is 8.82. The van der Waals surface area contributed by atoms with Gasteiger partial charge in [0.2, 0.25) is 0 Å². The maximum absolute atomic E-state index is 8.82. The van der Waals surface area contributed by atoms with E-state index in [0.717, 1.165) is 17.8 Å². The van der Waals surface area contributed by atoms with Crippen LogP contribution in [0.1, 0.15) is 32.3 Å². The Bertz CT molecular complexity index is 342. The molecule has 0 saturated heterocycles. The van der Waals surface area contributed by atoms with E-state index < -0.39 is 0 Å². The fourth-order valence-corrected chi connectivity index (χ4v) is 2.24. The third kappa shape index (κ3) is 2.60. The molecule has 1 rings (SSSR count). The number of nitriles is 1. The van der Waals surface area contributed by atoms with E-state index in [2.05, 4.69) is 23.5 Å². The monoisotopic (exact) mass is 229 g/mol. The van der Waals surface area contributed by atoms with Crippen molar-refractivity contribution in [1.29, 1.82) is 5.26 Å². The Labute approximate surface area is 92.9 Å². The summed E-state index contributed by atoms with van der Waals surface area (Å²) < 4.78 is 3.92. The SMILES string of the molecule is CCCC(C)Nc1snc(Cl)c1C#N. The molecule has 0 fully saturated rings. The summed E-state index contributed by atoms with van der Waals surface area (Å²) in [6.45, 7) is 4.21. The lowest BCUT2D eigenvalue weighted by molar-refractivity contribution is 0.692. The largest absolute Gasteiger partial charge is 0.372 e. The molecule has 3 nitrogen and oxygen atoms in total. The molecule has 1 unspecified atom stereocenters. The summed E-state index contributed by atoms with van der Waals surface area (Å²) in [5.74, 6) is 0. The first kappa shape index (κ1) is 11.3. The first-order chi connectivity index (χ1) is 6.69. The predicted octanol–water partition coefficient (Wildman–Crippen LogP) is 3.27. The molecule has 14 heavy (non-hydrogen) atoms. The van der Waals surface area contributed by atoms with Gasteiger partial charge in [-0.25, -0.2) is 0 Å². The van der Waals surface area contributed by atoms with Crippen LogP contribution in [0.15, 0.2) is 0 Å². The second-order valence-corrected chi connectivity index (χ2v) is 4.25. The predicted molar refractivity (Wildman–Crippen MR) is 59.8 cm³/mol. The Kier molecular flexibility index (Phi) is 4.18. The molecule has 0 spiro atoms. The topological polar surface area (TPSA) is 48.7 Å². The Balaban J connectivity index is 2.72. The number of rotatable bonds is 4. The second-order valence-electron chi connectivity index (χ2n) is 3.12. The maximum Gasteiger partial charge on any atom is 0.162 e. The minimum absolute atomic E-state index is 0.295. The summed E-state index contributed by atoms with van der Waals surface area (Å²) in [6, 6.07) is 2.40. The Morgan fingerprint density at radius 2 is 2.43 bits per heavy atom. The van der Waals surface area contributed by atoms with Gasteiger partial charge in [-0.15, -0.1) is 0 Å². The van der Waals surface area contributed by atoms with Gasteiger partial charge in [0.25, 0.3) is 0 Å². The Morgan fingerprint density at radius 1 is 1.71 bits per heavy atom. The highest BCUT2D eigenvalue weighted by Gasteiger charge is 2.12. The molecule has 0 radical (unpaired) electrons. The summed E-state index contributed by atoms with van der Waals surface area (Å²) >= 11 is 6.98. The van der Waals surface area contributed by atoms with Gasteiger partial charge in [-0.1, -0.05) is 24.9 Å². The standard InChI is InChI=1S/C9H12ClN3S/c1-3-4-6(2)12-9-7(5-11)8(10)13-14-9/h6,12H,3-4H2,1-2H3. The van der Waals surface area contributed by atoms with Crippen LogP contribution in [0, 0.1) is 11.3 Å².